The van der Waals surface area contributed by atoms with Crippen molar-refractivity contribution >= 4 is 0 Å². The Hall–Kier alpha value is -0.860. The Balaban J connectivity index is 3.50. The van der Waals surface area contributed by atoms with E-state index in [0.29, 0.717) is 5.70 Å². The third-order valence-corrected chi connectivity index (χ3v) is 0.385. The van der Waals surface area contributed by atoms with E-state index in [1.54, 1.807) is 0 Å². The highest BCUT2D eigenvalue weighted by molar-refractivity contribution is 4.90. The lowest BCUT2D eigenvalue weighted by Crippen LogP contribution is -1.78. The fourth-order valence-corrected chi connectivity index (χ4v) is 0.0304. The fourth-order valence-electron chi connectivity index (χ4n) is 0.0304. The Morgan fingerprint density at radius 1 is 2.00 bits per heavy atom. The van der Waals surface area contributed by atoms with Gasteiger partial charge in [0.1, 0.15) is 0 Å². The maximum atomic E-state index is 9.34. The quantitative estimate of drug-likeness (QED) is 0.474. The molecule has 0 aromatic heterocycles. The Morgan fingerprint density at radius 3 is 2.50 bits per heavy atom. The molecule has 0 heterocycles. The monoisotopic (exact) mass is 86.0 g/mol. The predicted octanol–water partition coefficient (Wildman–Crippen LogP) is 0.573. The molecule has 0 aromatic carbocycles. The van der Waals surface area contributed by atoms with Crippen LogP contribution in [0.4, 0.5) is 0 Å². The van der Waals surface area contributed by atoms with Crippen LogP contribution in [0.15, 0.2) is 17.1 Å². The van der Waals surface area contributed by atoms with Crippen LogP contribution in [0.2, 0.25) is 0 Å². The molecule has 0 spiro atoms. The molecule has 3 nitrogen and oxygen atoms in total. The molecule has 0 atom stereocenters. The van der Waals surface area contributed by atoms with Crippen LogP contribution in [0.3, 0.4) is 0 Å². The van der Waals surface area contributed by atoms with Gasteiger partial charge < -0.3 is 5.73 Å². The fraction of sp³-hybridized carbons (Fsp3) is 0.333. The molecule has 0 aliphatic heterocycles. The van der Waals surface area contributed by atoms with Crippen LogP contribution in [0, 0.1) is 4.91 Å². The Labute approximate surface area is 35.8 Å². The standard InChI is InChI=1S/C3H6N2O/c1-3(2-4)5-6/h2H,4H2,1H3/b3-2-. The highest BCUT2D eigenvalue weighted by Gasteiger charge is 1.74. The van der Waals surface area contributed by atoms with E-state index in [1.165, 1.54) is 6.92 Å². The first-order valence-electron chi connectivity index (χ1n) is 1.53. The van der Waals surface area contributed by atoms with Gasteiger partial charge in [0.25, 0.3) is 0 Å². The maximum Gasteiger partial charge on any atom is 0.0971 e. The van der Waals surface area contributed by atoms with Gasteiger partial charge in [-0.2, -0.15) is 0 Å². The molecule has 0 bridgehead atoms. The number of hydrogen-bond donors (Lipinski definition) is 1. The average molecular weight is 86.1 g/mol. The van der Waals surface area contributed by atoms with Crippen molar-refractivity contribution in [1.29, 1.82) is 0 Å². The summed E-state index contributed by atoms with van der Waals surface area (Å²) >= 11 is 0. The van der Waals surface area contributed by atoms with Gasteiger partial charge in [0.2, 0.25) is 0 Å². The average Bonchev–Trinajstić information content (AvgIpc) is 1.65. The van der Waals surface area contributed by atoms with Crippen molar-refractivity contribution in [2.75, 3.05) is 0 Å². The molecule has 0 aromatic rings. The van der Waals surface area contributed by atoms with Crippen molar-refractivity contribution in [3.63, 3.8) is 0 Å². The van der Waals surface area contributed by atoms with Gasteiger partial charge in [0.15, 0.2) is 0 Å². The molecule has 0 aliphatic carbocycles. The van der Waals surface area contributed by atoms with Gasteiger partial charge in [0.05, 0.1) is 5.70 Å². The summed E-state index contributed by atoms with van der Waals surface area (Å²) in [5.41, 5.74) is 5.14. The highest BCUT2D eigenvalue weighted by atomic mass is 16.3. The second-order valence-electron chi connectivity index (χ2n) is 0.899. The molecule has 0 radical (unpaired) electrons. The van der Waals surface area contributed by atoms with Gasteiger partial charge in [-0.3, -0.25) is 0 Å². The number of nitrogens with two attached hydrogens (primary N) is 1. The molecule has 0 saturated heterocycles. The molecule has 0 rings (SSSR count). The van der Waals surface area contributed by atoms with Crippen molar-refractivity contribution in [1.82, 2.24) is 0 Å². The van der Waals surface area contributed by atoms with Crippen LogP contribution in [-0.2, 0) is 0 Å². The lowest BCUT2D eigenvalue weighted by atomic mass is 10.6. The van der Waals surface area contributed by atoms with E-state index < -0.39 is 0 Å². The molecule has 0 fully saturated rings. The minimum absolute atomic E-state index is 0.315. The lowest BCUT2D eigenvalue weighted by molar-refractivity contribution is 1.25. The second-order valence-corrected chi connectivity index (χ2v) is 0.899. The van der Waals surface area contributed by atoms with Crippen molar-refractivity contribution < 1.29 is 0 Å². The summed E-state index contributed by atoms with van der Waals surface area (Å²) in [4.78, 5) is 9.34. The molecular weight excluding hydrogens is 80.0 g/mol. The van der Waals surface area contributed by atoms with E-state index >= 15 is 0 Å². The number of hydrogen-bond acceptors (Lipinski definition) is 3. The Kier molecular flexibility index (Phi) is 2.04. The second kappa shape index (κ2) is 2.38. The van der Waals surface area contributed by atoms with Gasteiger partial charge in [-0.15, -0.1) is 4.91 Å². The van der Waals surface area contributed by atoms with E-state index in [0.717, 1.165) is 6.20 Å². The molecule has 0 unspecified atom stereocenters. The zero-order valence-corrected chi connectivity index (χ0v) is 3.51. The van der Waals surface area contributed by atoms with E-state index in [9.17, 15) is 4.91 Å². The van der Waals surface area contributed by atoms with Crippen molar-refractivity contribution in [3.8, 4) is 0 Å². The van der Waals surface area contributed by atoms with Gasteiger partial charge in [-0.05, 0) is 12.1 Å². The van der Waals surface area contributed by atoms with Crippen molar-refractivity contribution in [3.05, 3.63) is 16.8 Å². The SMILES string of the molecule is C/C(=C/N)N=O. The van der Waals surface area contributed by atoms with Gasteiger partial charge in [0, 0.05) is 6.20 Å². The third-order valence-electron chi connectivity index (χ3n) is 0.385. The van der Waals surface area contributed by atoms with Crippen LogP contribution in [0.25, 0.3) is 0 Å². The predicted molar refractivity (Wildman–Crippen MR) is 23.7 cm³/mol. The first-order valence-corrected chi connectivity index (χ1v) is 1.53. The van der Waals surface area contributed by atoms with Crippen LogP contribution in [0.1, 0.15) is 6.92 Å². The summed E-state index contributed by atoms with van der Waals surface area (Å²) in [6, 6.07) is 0. The molecular formula is C3H6N2O. The van der Waals surface area contributed by atoms with Crippen LogP contribution in [-0.4, -0.2) is 0 Å². The number of nitroso groups, excluding NO2 is 1. The molecule has 6 heavy (non-hydrogen) atoms. The summed E-state index contributed by atoms with van der Waals surface area (Å²) in [7, 11) is 0. The molecule has 0 aliphatic rings. The largest absolute Gasteiger partial charge is 0.403 e. The summed E-state index contributed by atoms with van der Waals surface area (Å²) in [5.74, 6) is 0. The number of allylic oxidation sites excluding steroid dienone is 1. The van der Waals surface area contributed by atoms with E-state index in [2.05, 4.69) is 5.18 Å². The minimum atomic E-state index is 0.315. The Bertz CT molecular complexity index is 76.9. The lowest BCUT2D eigenvalue weighted by Gasteiger charge is -1.72. The highest BCUT2D eigenvalue weighted by Crippen LogP contribution is 1.84. The van der Waals surface area contributed by atoms with E-state index in [-0.39, 0.29) is 0 Å². The zero-order chi connectivity index (χ0) is 4.99. The third kappa shape index (κ3) is 1.46. The van der Waals surface area contributed by atoms with Crippen LogP contribution in [0.5, 0.6) is 0 Å². The van der Waals surface area contributed by atoms with Gasteiger partial charge in [-0.25, -0.2) is 0 Å². The normalized spacial score (nSPS) is 11.2. The van der Waals surface area contributed by atoms with Crippen LogP contribution >= 0.6 is 0 Å². The first-order chi connectivity index (χ1) is 2.81. The van der Waals surface area contributed by atoms with Crippen LogP contribution < -0.4 is 5.73 Å². The smallest absolute Gasteiger partial charge is 0.0971 e. The summed E-state index contributed by atoms with van der Waals surface area (Å²) in [6.45, 7) is 1.53. The topological polar surface area (TPSA) is 55.4 Å². The zero-order valence-electron chi connectivity index (χ0n) is 3.51. The van der Waals surface area contributed by atoms with Gasteiger partial charge >= 0.3 is 0 Å². The summed E-state index contributed by atoms with van der Waals surface area (Å²) < 4.78 is 0. The van der Waals surface area contributed by atoms with Crippen molar-refractivity contribution in [2.45, 2.75) is 6.92 Å². The van der Waals surface area contributed by atoms with Crippen molar-refractivity contribution in [2.24, 2.45) is 10.9 Å². The minimum Gasteiger partial charge on any atom is -0.403 e. The van der Waals surface area contributed by atoms with E-state index in [4.69, 9.17) is 5.73 Å². The summed E-state index contributed by atoms with van der Waals surface area (Å²) in [5, 5.41) is 2.49. The number of nitrogens with zero attached hydrogens (tertiary/aromatic N) is 1. The summed E-state index contributed by atoms with van der Waals surface area (Å²) in [6.07, 6.45) is 1.16. The number of rotatable bonds is 1. The molecule has 0 saturated carbocycles. The maximum absolute atomic E-state index is 9.34. The molecule has 3 heteroatoms. The first kappa shape index (κ1) is 5.14. The Morgan fingerprint density at radius 2 is 2.50 bits per heavy atom. The molecule has 34 valence electrons. The van der Waals surface area contributed by atoms with E-state index in [1.807, 2.05) is 0 Å². The molecule has 2 N–H and O–H groups in total. The van der Waals surface area contributed by atoms with Gasteiger partial charge in [-0.1, -0.05) is 0 Å². The molecule has 0 amide bonds.